The van der Waals surface area contributed by atoms with E-state index in [-0.39, 0.29) is 25.3 Å². The zero-order valence-corrected chi connectivity index (χ0v) is 16.9. The van der Waals surface area contributed by atoms with Crippen LogP contribution in [0, 0.1) is 0 Å². The summed E-state index contributed by atoms with van der Waals surface area (Å²) in [4.78, 5) is 13.6. The number of hydrogen-bond donors (Lipinski definition) is 1. The Labute approximate surface area is 173 Å². The molecule has 3 rings (SSSR count). The number of alkyl halides is 3. The largest absolute Gasteiger partial charge is 0.497 e. The van der Waals surface area contributed by atoms with E-state index >= 15 is 0 Å². The van der Waals surface area contributed by atoms with Gasteiger partial charge in [0, 0.05) is 26.2 Å². The van der Waals surface area contributed by atoms with Crippen LogP contribution in [0.4, 0.5) is 18.0 Å². The van der Waals surface area contributed by atoms with Gasteiger partial charge in [0.05, 0.1) is 32.5 Å². The number of nitrogens with zero attached hydrogens (tertiary/aromatic N) is 1. The molecule has 168 valence electrons. The highest BCUT2D eigenvalue weighted by Gasteiger charge is 2.45. The average molecular weight is 432 g/mol. The van der Waals surface area contributed by atoms with Crippen molar-refractivity contribution in [2.24, 2.45) is 0 Å². The molecule has 2 aliphatic rings. The van der Waals surface area contributed by atoms with Gasteiger partial charge in [0.2, 0.25) is 6.10 Å². The predicted molar refractivity (Wildman–Crippen MR) is 101 cm³/mol. The molecule has 0 unspecified atom stereocenters. The van der Waals surface area contributed by atoms with Crippen LogP contribution in [0.3, 0.4) is 0 Å². The predicted octanol–water partition coefficient (Wildman–Crippen LogP) is 2.73. The number of ether oxygens (including phenoxy) is 4. The van der Waals surface area contributed by atoms with Gasteiger partial charge < -0.3 is 29.2 Å². The second-order valence-corrected chi connectivity index (χ2v) is 7.47. The molecule has 2 aliphatic heterocycles. The molecule has 7 nitrogen and oxygen atoms in total. The molecule has 0 aliphatic carbocycles. The highest BCUT2D eigenvalue weighted by molar-refractivity contribution is 5.68. The number of piperidine rings is 1. The van der Waals surface area contributed by atoms with E-state index in [1.807, 2.05) is 0 Å². The average Bonchev–Trinajstić information content (AvgIpc) is 2.74. The summed E-state index contributed by atoms with van der Waals surface area (Å²) >= 11 is 0. The van der Waals surface area contributed by atoms with Crippen molar-refractivity contribution in [2.45, 2.75) is 37.3 Å². The summed E-state index contributed by atoms with van der Waals surface area (Å²) in [6.45, 7) is 1.82. The van der Waals surface area contributed by atoms with Crippen molar-refractivity contribution < 1.29 is 36.9 Å². The first-order chi connectivity index (χ1) is 14.3. The third kappa shape index (κ3) is 5.99. The maximum absolute atomic E-state index is 13.3. The number of methoxy groups -OCH3 is 1. The minimum absolute atomic E-state index is 0.0370. The van der Waals surface area contributed by atoms with Crippen LogP contribution < -0.4 is 10.1 Å². The SMILES string of the molecule is COc1ccc(COC[C@@H](OC(=O)N2CCC3(CC2)CNCCO3)C(F)(F)F)cc1. The van der Waals surface area contributed by atoms with Gasteiger partial charge in [-0.1, -0.05) is 12.1 Å². The number of rotatable bonds is 6. The van der Waals surface area contributed by atoms with Gasteiger partial charge in [-0.2, -0.15) is 13.2 Å². The van der Waals surface area contributed by atoms with Gasteiger partial charge >= 0.3 is 12.3 Å². The van der Waals surface area contributed by atoms with Crippen molar-refractivity contribution in [1.82, 2.24) is 10.2 Å². The summed E-state index contributed by atoms with van der Waals surface area (Å²) in [7, 11) is 1.52. The van der Waals surface area contributed by atoms with Crippen LogP contribution in [0.15, 0.2) is 24.3 Å². The second-order valence-electron chi connectivity index (χ2n) is 7.47. The molecule has 1 aromatic carbocycles. The molecule has 0 saturated carbocycles. The third-order valence-electron chi connectivity index (χ3n) is 5.37. The fraction of sp³-hybridized carbons (Fsp3) is 0.650. The molecule has 0 radical (unpaired) electrons. The van der Waals surface area contributed by atoms with E-state index in [0.29, 0.717) is 37.3 Å². The van der Waals surface area contributed by atoms with Crippen LogP contribution in [-0.2, 0) is 20.8 Å². The monoisotopic (exact) mass is 432 g/mol. The fourth-order valence-corrected chi connectivity index (χ4v) is 3.52. The molecule has 1 amide bonds. The van der Waals surface area contributed by atoms with Crippen LogP contribution in [-0.4, -0.2) is 75.4 Å². The first kappa shape index (κ1) is 22.6. The van der Waals surface area contributed by atoms with Gasteiger partial charge in [0.25, 0.3) is 0 Å². The van der Waals surface area contributed by atoms with E-state index in [9.17, 15) is 18.0 Å². The number of amides is 1. The third-order valence-corrected chi connectivity index (χ3v) is 5.37. The molecule has 2 saturated heterocycles. The molecule has 2 heterocycles. The van der Waals surface area contributed by atoms with E-state index in [0.717, 1.165) is 6.54 Å². The Balaban J connectivity index is 1.48. The second kappa shape index (κ2) is 9.84. The molecule has 0 aromatic heterocycles. The van der Waals surface area contributed by atoms with Crippen LogP contribution in [0.1, 0.15) is 18.4 Å². The van der Waals surface area contributed by atoms with Crippen molar-refractivity contribution in [1.29, 1.82) is 0 Å². The maximum atomic E-state index is 13.3. The lowest BCUT2D eigenvalue weighted by Crippen LogP contribution is -2.56. The lowest BCUT2D eigenvalue weighted by molar-refractivity contribution is -0.220. The molecule has 1 aromatic rings. The summed E-state index contributed by atoms with van der Waals surface area (Å²) in [6, 6.07) is 6.77. The minimum atomic E-state index is -4.72. The highest BCUT2D eigenvalue weighted by Crippen LogP contribution is 2.29. The smallest absolute Gasteiger partial charge is 0.427 e. The van der Waals surface area contributed by atoms with Crippen LogP contribution >= 0.6 is 0 Å². The topological polar surface area (TPSA) is 69.3 Å². The Morgan fingerprint density at radius 3 is 2.53 bits per heavy atom. The van der Waals surface area contributed by atoms with Gasteiger partial charge in [-0.15, -0.1) is 0 Å². The van der Waals surface area contributed by atoms with E-state index < -0.39 is 25.0 Å². The van der Waals surface area contributed by atoms with Crippen LogP contribution in [0.5, 0.6) is 5.75 Å². The zero-order valence-electron chi connectivity index (χ0n) is 16.9. The Morgan fingerprint density at radius 2 is 1.97 bits per heavy atom. The number of hydrogen-bond acceptors (Lipinski definition) is 6. The molecular formula is C20H27F3N2O5. The summed E-state index contributed by atoms with van der Waals surface area (Å²) in [6.07, 6.45) is -6.92. The quantitative estimate of drug-likeness (QED) is 0.746. The summed E-state index contributed by atoms with van der Waals surface area (Å²) in [5, 5.41) is 3.25. The van der Waals surface area contributed by atoms with Crippen molar-refractivity contribution in [3.05, 3.63) is 29.8 Å². The molecule has 1 N–H and O–H groups in total. The number of benzene rings is 1. The Hall–Kier alpha value is -2.04. The van der Waals surface area contributed by atoms with E-state index in [1.165, 1.54) is 12.0 Å². The van der Waals surface area contributed by atoms with Crippen molar-refractivity contribution >= 4 is 6.09 Å². The molecular weight excluding hydrogens is 405 g/mol. The summed E-state index contributed by atoms with van der Waals surface area (Å²) < 4.78 is 60.8. The van der Waals surface area contributed by atoms with Gasteiger partial charge in [-0.3, -0.25) is 0 Å². The highest BCUT2D eigenvalue weighted by atomic mass is 19.4. The molecule has 30 heavy (non-hydrogen) atoms. The van der Waals surface area contributed by atoms with Gasteiger partial charge in [0.15, 0.2) is 0 Å². The molecule has 1 spiro atoms. The van der Waals surface area contributed by atoms with Crippen molar-refractivity contribution in [3.8, 4) is 5.75 Å². The van der Waals surface area contributed by atoms with Crippen molar-refractivity contribution in [3.63, 3.8) is 0 Å². The Bertz CT molecular complexity index is 683. The van der Waals surface area contributed by atoms with Gasteiger partial charge in [-0.05, 0) is 30.5 Å². The van der Waals surface area contributed by atoms with Crippen molar-refractivity contribution in [2.75, 3.05) is 46.5 Å². The summed E-state index contributed by atoms with van der Waals surface area (Å²) in [5.41, 5.74) is 0.338. The number of likely N-dealkylation sites (tertiary alicyclic amines) is 1. The maximum Gasteiger partial charge on any atom is 0.427 e. The lowest BCUT2D eigenvalue weighted by Gasteiger charge is -2.43. The first-order valence-corrected chi connectivity index (χ1v) is 9.89. The molecule has 2 fully saturated rings. The summed E-state index contributed by atoms with van der Waals surface area (Å²) in [5.74, 6) is 0.638. The van der Waals surface area contributed by atoms with Gasteiger partial charge in [-0.25, -0.2) is 4.79 Å². The normalized spacial score (nSPS) is 20.1. The molecule has 0 bridgehead atoms. The Kier molecular flexibility index (Phi) is 7.43. The first-order valence-electron chi connectivity index (χ1n) is 9.89. The number of carbonyl (C=O) groups excluding carboxylic acids is 1. The minimum Gasteiger partial charge on any atom is -0.497 e. The number of carbonyl (C=O) groups is 1. The van der Waals surface area contributed by atoms with Crippen LogP contribution in [0.2, 0.25) is 0 Å². The zero-order chi connectivity index (χ0) is 21.6. The molecule has 10 heteroatoms. The number of morpholine rings is 1. The lowest BCUT2D eigenvalue weighted by atomic mass is 9.90. The standard InChI is InChI=1S/C20H27F3N2O5/c1-27-16-4-2-15(3-5-16)12-28-13-17(20(21,22)23)30-18(26)25-9-6-19(7-10-25)14-24-8-11-29-19/h2-5,17,24H,6-14H2,1H3/t17-/m1/s1. The van der Waals surface area contributed by atoms with E-state index in [2.05, 4.69) is 5.32 Å². The van der Waals surface area contributed by atoms with Gasteiger partial charge in [0.1, 0.15) is 5.75 Å². The van der Waals surface area contributed by atoms with E-state index in [1.54, 1.807) is 24.3 Å². The van der Waals surface area contributed by atoms with Crippen LogP contribution in [0.25, 0.3) is 0 Å². The molecule has 1 atom stereocenters. The number of nitrogens with one attached hydrogen (secondary N) is 1. The number of halogens is 3. The Morgan fingerprint density at radius 1 is 1.27 bits per heavy atom. The van der Waals surface area contributed by atoms with E-state index in [4.69, 9.17) is 18.9 Å². The fourth-order valence-electron chi connectivity index (χ4n) is 3.52.